The minimum absolute atomic E-state index is 0.0389. The molecule has 0 fully saturated rings. The number of rotatable bonds is 10. The molecular weight excluding hydrogens is 514 g/mol. The van der Waals surface area contributed by atoms with E-state index >= 15 is 0 Å². The van der Waals surface area contributed by atoms with Crippen LogP contribution in [0.4, 0.5) is 0 Å². The van der Waals surface area contributed by atoms with Gasteiger partial charge in [0.05, 0.1) is 25.7 Å². The lowest BCUT2D eigenvalue weighted by Gasteiger charge is -2.11. The molecule has 11 heteroatoms. The zero-order chi connectivity index (χ0) is 26.2. The van der Waals surface area contributed by atoms with Crippen LogP contribution in [-0.4, -0.2) is 51.5 Å². The molecule has 2 N–H and O–H groups in total. The SMILES string of the molecule is CCOc1ccc(-n2c(SCC(=O)NN=Cc3cccc(OC)c3O)nnc2-c2ccc(Cl)cc2)cc1. The molecule has 37 heavy (non-hydrogen) atoms. The van der Waals surface area contributed by atoms with E-state index in [-0.39, 0.29) is 17.4 Å². The van der Waals surface area contributed by atoms with Crippen molar-refractivity contribution in [2.24, 2.45) is 5.10 Å². The molecule has 4 aromatic rings. The number of ether oxygens (including phenoxy) is 2. The number of carbonyl (C=O) groups excluding carboxylic acids is 1. The first-order valence-electron chi connectivity index (χ1n) is 11.3. The van der Waals surface area contributed by atoms with E-state index in [4.69, 9.17) is 21.1 Å². The predicted molar refractivity (Wildman–Crippen MR) is 144 cm³/mol. The number of benzene rings is 3. The maximum Gasteiger partial charge on any atom is 0.250 e. The molecule has 0 aliphatic heterocycles. The molecule has 190 valence electrons. The van der Waals surface area contributed by atoms with Crippen LogP contribution < -0.4 is 14.9 Å². The molecule has 1 heterocycles. The fourth-order valence-corrected chi connectivity index (χ4v) is 4.25. The third-order valence-electron chi connectivity index (χ3n) is 5.12. The number of hydrazone groups is 1. The second-order valence-electron chi connectivity index (χ2n) is 7.56. The van der Waals surface area contributed by atoms with E-state index in [1.165, 1.54) is 25.1 Å². The second-order valence-corrected chi connectivity index (χ2v) is 8.93. The smallest absolute Gasteiger partial charge is 0.250 e. The summed E-state index contributed by atoms with van der Waals surface area (Å²) in [5, 5.41) is 23.9. The van der Waals surface area contributed by atoms with Crippen molar-refractivity contribution in [2.45, 2.75) is 12.1 Å². The number of nitrogens with one attached hydrogen (secondary N) is 1. The van der Waals surface area contributed by atoms with E-state index in [1.807, 2.05) is 47.9 Å². The fourth-order valence-electron chi connectivity index (χ4n) is 3.38. The van der Waals surface area contributed by atoms with Gasteiger partial charge in [0.25, 0.3) is 5.91 Å². The molecule has 1 amide bonds. The van der Waals surface area contributed by atoms with Gasteiger partial charge in [0.1, 0.15) is 5.75 Å². The first kappa shape index (κ1) is 26.1. The third-order valence-corrected chi connectivity index (χ3v) is 6.30. The average molecular weight is 538 g/mol. The number of nitrogens with zero attached hydrogens (tertiary/aromatic N) is 4. The van der Waals surface area contributed by atoms with Crippen molar-refractivity contribution in [3.63, 3.8) is 0 Å². The van der Waals surface area contributed by atoms with Crippen LogP contribution in [0.3, 0.4) is 0 Å². The molecule has 0 radical (unpaired) electrons. The highest BCUT2D eigenvalue weighted by Crippen LogP contribution is 2.30. The van der Waals surface area contributed by atoms with Gasteiger partial charge in [-0.3, -0.25) is 9.36 Å². The van der Waals surface area contributed by atoms with Crippen molar-refractivity contribution in [3.05, 3.63) is 77.3 Å². The number of halogens is 1. The maximum absolute atomic E-state index is 12.5. The molecule has 0 unspecified atom stereocenters. The van der Waals surface area contributed by atoms with Gasteiger partial charge < -0.3 is 14.6 Å². The fraction of sp³-hybridized carbons (Fsp3) is 0.154. The molecule has 0 saturated heterocycles. The Morgan fingerprint density at radius 1 is 1.14 bits per heavy atom. The van der Waals surface area contributed by atoms with E-state index in [1.54, 1.807) is 30.3 Å². The van der Waals surface area contributed by atoms with Gasteiger partial charge in [-0.25, -0.2) is 5.43 Å². The van der Waals surface area contributed by atoms with E-state index in [9.17, 15) is 9.90 Å². The molecule has 0 aliphatic rings. The number of carbonyl (C=O) groups is 1. The minimum atomic E-state index is -0.349. The van der Waals surface area contributed by atoms with E-state index < -0.39 is 0 Å². The number of amides is 1. The standard InChI is InChI=1S/C26H24ClN5O4S/c1-3-36-21-13-11-20(12-14-21)32-25(17-7-9-19(27)10-8-17)30-31-26(32)37-16-23(33)29-28-15-18-5-4-6-22(35-2)24(18)34/h4-15,34H,3,16H2,1-2H3,(H,29,33). The minimum Gasteiger partial charge on any atom is -0.504 e. The highest BCUT2D eigenvalue weighted by Gasteiger charge is 2.17. The van der Waals surface area contributed by atoms with Gasteiger partial charge in [0.15, 0.2) is 22.5 Å². The highest BCUT2D eigenvalue weighted by molar-refractivity contribution is 7.99. The second kappa shape index (κ2) is 12.3. The molecule has 0 aliphatic carbocycles. The monoisotopic (exact) mass is 537 g/mol. The summed E-state index contributed by atoms with van der Waals surface area (Å²) in [4.78, 5) is 12.5. The first-order chi connectivity index (χ1) is 18.0. The van der Waals surface area contributed by atoms with Gasteiger partial charge in [-0.2, -0.15) is 5.10 Å². The van der Waals surface area contributed by atoms with E-state index in [0.717, 1.165) is 17.0 Å². The largest absolute Gasteiger partial charge is 0.504 e. The Balaban J connectivity index is 1.51. The van der Waals surface area contributed by atoms with Crippen LogP contribution in [-0.2, 0) is 4.79 Å². The van der Waals surface area contributed by atoms with Crippen molar-refractivity contribution in [3.8, 4) is 34.3 Å². The predicted octanol–water partition coefficient (Wildman–Crippen LogP) is 4.94. The van der Waals surface area contributed by atoms with E-state index in [0.29, 0.717) is 33.9 Å². The summed E-state index contributed by atoms with van der Waals surface area (Å²) in [7, 11) is 1.46. The molecule has 1 aromatic heterocycles. The molecule has 3 aromatic carbocycles. The summed E-state index contributed by atoms with van der Waals surface area (Å²) in [5.41, 5.74) is 4.51. The van der Waals surface area contributed by atoms with Crippen molar-refractivity contribution in [2.75, 3.05) is 19.5 Å². The number of aromatic nitrogens is 3. The normalized spacial score (nSPS) is 11.0. The Labute approximate surface area is 223 Å². The summed E-state index contributed by atoms with van der Waals surface area (Å²) >= 11 is 7.28. The van der Waals surface area contributed by atoms with Gasteiger partial charge in [-0.1, -0.05) is 29.4 Å². The molecule has 9 nitrogen and oxygen atoms in total. The van der Waals surface area contributed by atoms with Gasteiger partial charge >= 0.3 is 0 Å². The Morgan fingerprint density at radius 2 is 1.89 bits per heavy atom. The van der Waals surface area contributed by atoms with Crippen molar-refractivity contribution < 1.29 is 19.4 Å². The molecule has 0 bridgehead atoms. The van der Waals surface area contributed by atoms with Crippen LogP contribution in [0.1, 0.15) is 12.5 Å². The van der Waals surface area contributed by atoms with Crippen LogP contribution in [0.15, 0.2) is 77.0 Å². The summed E-state index contributed by atoms with van der Waals surface area (Å²) < 4.78 is 12.5. The van der Waals surface area contributed by atoms with Crippen LogP contribution in [0.25, 0.3) is 17.1 Å². The number of phenolic OH excluding ortho intramolecular Hbond substituents is 1. The summed E-state index contributed by atoms with van der Waals surface area (Å²) in [6.45, 7) is 2.49. The molecule has 0 spiro atoms. The molecule has 4 rings (SSSR count). The maximum atomic E-state index is 12.5. The topological polar surface area (TPSA) is 111 Å². The van der Waals surface area contributed by atoms with Crippen molar-refractivity contribution in [1.82, 2.24) is 20.2 Å². The van der Waals surface area contributed by atoms with Crippen LogP contribution in [0.5, 0.6) is 17.2 Å². The van der Waals surface area contributed by atoms with Crippen LogP contribution in [0, 0.1) is 0 Å². The molecule has 0 saturated carbocycles. The van der Waals surface area contributed by atoms with Gasteiger partial charge in [0.2, 0.25) is 0 Å². The van der Waals surface area contributed by atoms with E-state index in [2.05, 4.69) is 20.7 Å². The summed E-state index contributed by atoms with van der Waals surface area (Å²) in [6.07, 6.45) is 1.35. The Kier molecular flexibility index (Phi) is 8.65. The lowest BCUT2D eigenvalue weighted by atomic mass is 10.2. The molecular formula is C26H24ClN5O4S. The molecule has 0 atom stereocenters. The van der Waals surface area contributed by atoms with Gasteiger partial charge in [-0.15, -0.1) is 10.2 Å². The highest BCUT2D eigenvalue weighted by atomic mass is 35.5. The van der Waals surface area contributed by atoms with Gasteiger partial charge in [-0.05, 0) is 67.6 Å². The van der Waals surface area contributed by atoms with Crippen molar-refractivity contribution in [1.29, 1.82) is 0 Å². The lowest BCUT2D eigenvalue weighted by Crippen LogP contribution is -2.20. The Bertz CT molecular complexity index is 1390. The Morgan fingerprint density at radius 3 is 2.59 bits per heavy atom. The Hall–Kier alpha value is -4.02. The summed E-state index contributed by atoms with van der Waals surface area (Å²) in [5.74, 6) is 1.30. The number of aromatic hydroxyl groups is 1. The number of methoxy groups -OCH3 is 1. The van der Waals surface area contributed by atoms with Crippen LogP contribution >= 0.6 is 23.4 Å². The number of thioether (sulfide) groups is 1. The zero-order valence-corrected chi connectivity index (χ0v) is 21.7. The number of hydrogen-bond acceptors (Lipinski definition) is 8. The van der Waals surface area contributed by atoms with Crippen molar-refractivity contribution >= 4 is 35.5 Å². The average Bonchev–Trinajstić information content (AvgIpc) is 3.33. The van der Waals surface area contributed by atoms with Crippen LogP contribution in [0.2, 0.25) is 5.02 Å². The quantitative estimate of drug-likeness (QED) is 0.167. The first-order valence-corrected chi connectivity index (χ1v) is 12.6. The number of hydrogen-bond donors (Lipinski definition) is 2. The van der Waals surface area contributed by atoms with Gasteiger partial charge in [0, 0.05) is 21.8 Å². The summed E-state index contributed by atoms with van der Waals surface area (Å²) in [6, 6.07) is 19.8. The third kappa shape index (κ3) is 6.41. The zero-order valence-electron chi connectivity index (χ0n) is 20.1. The number of para-hydroxylation sites is 1. The lowest BCUT2D eigenvalue weighted by molar-refractivity contribution is -0.118. The number of phenols is 1.